The number of rotatable bonds is 5. The lowest BCUT2D eigenvalue weighted by Crippen LogP contribution is -2.40. The second-order valence-electron chi connectivity index (χ2n) is 4.24. The van der Waals surface area contributed by atoms with Gasteiger partial charge in [-0.05, 0) is 31.9 Å². The van der Waals surface area contributed by atoms with E-state index in [2.05, 4.69) is 4.72 Å². The molecule has 0 saturated carbocycles. The number of aldehydes is 1. The van der Waals surface area contributed by atoms with Crippen LogP contribution in [0, 0.1) is 0 Å². The third-order valence-corrected chi connectivity index (χ3v) is 4.28. The van der Waals surface area contributed by atoms with Crippen LogP contribution in [0.15, 0.2) is 21.6 Å². The topological polar surface area (TPSA) is 85.6 Å². The first-order valence-corrected chi connectivity index (χ1v) is 7.20. The molecular weight excluding hydrogens is 258 g/mol. The maximum Gasteiger partial charge on any atom is 0.274 e. The van der Waals surface area contributed by atoms with Crippen LogP contribution in [-0.4, -0.2) is 33.5 Å². The van der Waals surface area contributed by atoms with Gasteiger partial charge in [-0.25, -0.2) is 13.1 Å². The van der Waals surface area contributed by atoms with E-state index in [4.69, 9.17) is 9.15 Å². The Morgan fingerprint density at radius 1 is 1.50 bits per heavy atom. The zero-order valence-electron chi connectivity index (χ0n) is 9.96. The molecule has 100 valence electrons. The van der Waals surface area contributed by atoms with Crippen molar-refractivity contribution < 1.29 is 22.4 Å². The number of carbonyl (C=O) groups is 1. The highest BCUT2D eigenvalue weighted by molar-refractivity contribution is 7.89. The summed E-state index contributed by atoms with van der Waals surface area (Å²) in [5.41, 5.74) is 0. The van der Waals surface area contributed by atoms with Gasteiger partial charge in [-0.2, -0.15) is 0 Å². The summed E-state index contributed by atoms with van der Waals surface area (Å²) < 4.78 is 36.7. The molecule has 2 atom stereocenters. The first kappa shape index (κ1) is 13.3. The monoisotopic (exact) mass is 273 g/mol. The molecule has 0 radical (unpaired) electrons. The van der Waals surface area contributed by atoms with Crippen molar-refractivity contribution in [3.05, 3.63) is 17.9 Å². The number of furan rings is 1. The Hall–Kier alpha value is -1.18. The van der Waals surface area contributed by atoms with Crippen LogP contribution in [-0.2, 0) is 14.8 Å². The smallest absolute Gasteiger partial charge is 0.274 e. The molecule has 6 nitrogen and oxygen atoms in total. The Kier molecular flexibility index (Phi) is 3.84. The molecule has 1 aromatic rings. The van der Waals surface area contributed by atoms with Crippen LogP contribution in [0.1, 0.15) is 30.3 Å². The van der Waals surface area contributed by atoms with Crippen molar-refractivity contribution in [2.75, 3.05) is 6.61 Å². The molecule has 1 N–H and O–H groups in total. The van der Waals surface area contributed by atoms with Gasteiger partial charge in [0, 0.05) is 12.6 Å². The van der Waals surface area contributed by atoms with E-state index in [9.17, 15) is 13.2 Å². The van der Waals surface area contributed by atoms with Crippen LogP contribution in [0.4, 0.5) is 0 Å². The second-order valence-corrected chi connectivity index (χ2v) is 5.88. The molecule has 2 rings (SSSR count). The van der Waals surface area contributed by atoms with Crippen LogP contribution < -0.4 is 4.72 Å². The Balaban J connectivity index is 2.08. The average molecular weight is 273 g/mol. The van der Waals surface area contributed by atoms with Gasteiger partial charge < -0.3 is 9.15 Å². The van der Waals surface area contributed by atoms with Crippen molar-refractivity contribution in [2.45, 2.75) is 37.0 Å². The van der Waals surface area contributed by atoms with Gasteiger partial charge in [-0.3, -0.25) is 4.79 Å². The summed E-state index contributed by atoms with van der Waals surface area (Å²) >= 11 is 0. The van der Waals surface area contributed by atoms with Gasteiger partial charge in [0.15, 0.2) is 12.0 Å². The van der Waals surface area contributed by atoms with E-state index >= 15 is 0 Å². The number of hydrogen-bond acceptors (Lipinski definition) is 5. The zero-order valence-corrected chi connectivity index (χ0v) is 10.8. The van der Waals surface area contributed by atoms with Gasteiger partial charge in [-0.1, -0.05) is 0 Å². The normalized spacial score (nSPS) is 21.9. The maximum absolute atomic E-state index is 12.0. The molecule has 1 aliphatic rings. The van der Waals surface area contributed by atoms with Crippen LogP contribution >= 0.6 is 0 Å². The van der Waals surface area contributed by atoms with Crippen molar-refractivity contribution in [1.29, 1.82) is 0 Å². The first-order chi connectivity index (χ1) is 8.53. The first-order valence-electron chi connectivity index (χ1n) is 5.72. The number of sulfonamides is 1. The number of carbonyl (C=O) groups excluding carboxylic acids is 1. The fourth-order valence-corrected chi connectivity index (χ4v) is 3.13. The third kappa shape index (κ3) is 2.80. The van der Waals surface area contributed by atoms with Crippen LogP contribution in [0.5, 0.6) is 0 Å². The molecule has 1 aromatic heterocycles. The molecular formula is C11H15NO5S. The van der Waals surface area contributed by atoms with Crippen molar-refractivity contribution in [2.24, 2.45) is 0 Å². The van der Waals surface area contributed by atoms with Crippen molar-refractivity contribution in [3.63, 3.8) is 0 Å². The average Bonchev–Trinajstić information content (AvgIpc) is 3.00. The highest BCUT2D eigenvalue weighted by Crippen LogP contribution is 2.18. The molecule has 0 aliphatic carbocycles. The van der Waals surface area contributed by atoms with Crippen molar-refractivity contribution in [3.8, 4) is 0 Å². The van der Waals surface area contributed by atoms with E-state index in [0.717, 1.165) is 12.8 Å². The number of nitrogens with one attached hydrogen (secondary N) is 1. The lowest BCUT2D eigenvalue weighted by Gasteiger charge is -2.18. The molecule has 7 heteroatoms. The highest BCUT2D eigenvalue weighted by Gasteiger charge is 2.28. The predicted molar refractivity (Wildman–Crippen MR) is 62.9 cm³/mol. The van der Waals surface area contributed by atoms with Gasteiger partial charge >= 0.3 is 0 Å². The van der Waals surface area contributed by atoms with Crippen LogP contribution in [0.25, 0.3) is 0 Å². The van der Waals surface area contributed by atoms with E-state index in [-0.39, 0.29) is 23.0 Å². The summed E-state index contributed by atoms with van der Waals surface area (Å²) in [5, 5.41) is -0.255. The molecule has 1 saturated heterocycles. The van der Waals surface area contributed by atoms with Crippen molar-refractivity contribution in [1.82, 2.24) is 4.72 Å². The summed E-state index contributed by atoms with van der Waals surface area (Å²) in [6.07, 6.45) is 2.12. The Morgan fingerprint density at radius 3 is 2.83 bits per heavy atom. The summed E-state index contributed by atoms with van der Waals surface area (Å²) in [7, 11) is -3.74. The number of hydrogen-bond donors (Lipinski definition) is 1. The number of ether oxygens (including phenoxy) is 1. The molecule has 2 unspecified atom stereocenters. The molecule has 0 aromatic carbocycles. The van der Waals surface area contributed by atoms with Gasteiger partial charge in [-0.15, -0.1) is 0 Å². The minimum atomic E-state index is -3.74. The highest BCUT2D eigenvalue weighted by atomic mass is 32.2. The standard InChI is InChI=1S/C11H15NO5S/c1-8(10-3-2-6-16-10)12-18(14,15)11-5-4-9(7-13)17-11/h4-5,7-8,10,12H,2-3,6H2,1H3. The van der Waals surface area contributed by atoms with E-state index < -0.39 is 10.0 Å². The van der Waals surface area contributed by atoms with E-state index in [1.165, 1.54) is 12.1 Å². The zero-order chi connectivity index (χ0) is 13.2. The molecule has 2 heterocycles. The van der Waals surface area contributed by atoms with Crippen LogP contribution in [0.2, 0.25) is 0 Å². The summed E-state index contributed by atoms with van der Waals surface area (Å²) in [4.78, 5) is 10.4. The lowest BCUT2D eigenvalue weighted by atomic mass is 10.1. The van der Waals surface area contributed by atoms with Gasteiger partial charge in [0.2, 0.25) is 5.09 Å². The lowest BCUT2D eigenvalue weighted by molar-refractivity contribution is 0.0901. The Morgan fingerprint density at radius 2 is 2.28 bits per heavy atom. The molecule has 0 amide bonds. The molecule has 0 bridgehead atoms. The fraction of sp³-hybridized carbons (Fsp3) is 0.545. The second kappa shape index (κ2) is 5.21. The summed E-state index contributed by atoms with van der Waals surface area (Å²) in [5.74, 6) is -0.0138. The molecule has 0 spiro atoms. The SMILES string of the molecule is CC(NS(=O)(=O)c1ccc(C=O)o1)C1CCCO1. The Bertz CT molecular complexity index is 515. The van der Waals surface area contributed by atoms with E-state index in [1.54, 1.807) is 6.92 Å². The van der Waals surface area contributed by atoms with Crippen molar-refractivity contribution >= 4 is 16.3 Å². The van der Waals surface area contributed by atoms with E-state index in [0.29, 0.717) is 12.9 Å². The van der Waals surface area contributed by atoms with Crippen LogP contribution in [0.3, 0.4) is 0 Å². The molecule has 1 fully saturated rings. The quantitative estimate of drug-likeness (QED) is 0.807. The Labute approximate surface area is 105 Å². The van der Waals surface area contributed by atoms with Gasteiger partial charge in [0.25, 0.3) is 10.0 Å². The van der Waals surface area contributed by atoms with Gasteiger partial charge in [0.05, 0.1) is 6.10 Å². The minimum Gasteiger partial charge on any atom is -0.440 e. The third-order valence-electron chi connectivity index (χ3n) is 2.85. The predicted octanol–water partition coefficient (Wildman–Crippen LogP) is 0.938. The molecule has 1 aliphatic heterocycles. The molecule has 18 heavy (non-hydrogen) atoms. The van der Waals surface area contributed by atoms with Gasteiger partial charge in [0.1, 0.15) is 0 Å². The van der Waals surface area contributed by atoms with E-state index in [1.807, 2.05) is 0 Å². The minimum absolute atomic E-state index is 0.0138. The summed E-state index contributed by atoms with van der Waals surface area (Å²) in [6.45, 7) is 2.41. The summed E-state index contributed by atoms with van der Waals surface area (Å²) in [6, 6.07) is 2.24. The maximum atomic E-state index is 12.0. The fourth-order valence-electron chi connectivity index (χ4n) is 1.92. The largest absolute Gasteiger partial charge is 0.440 e.